The van der Waals surface area contributed by atoms with E-state index in [4.69, 9.17) is 9.47 Å². The molecule has 0 saturated carbocycles. The van der Waals surface area contributed by atoms with Crippen molar-refractivity contribution in [3.8, 4) is 17.0 Å². The Balaban J connectivity index is 1.93. The molecule has 3 rings (SSSR count). The lowest BCUT2D eigenvalue weighted by molar-refractivity contribution is -0.132. The SMILES string of the molecule is COCCN1Cc2[nH]nc(-c3ccccc3OC)c2CC1=O. The van der Waals surface area contributed by atoms with Crippen molar-refractivity contribution in [2.24, 2.45) is 0 Å². The number of para-hydroxylation sites is 1. The molecule has 1 amide bonds. The standard InChI is InChI=1S/C16H19N3O3/c1-21-8-7-19-10-13-12(9-15(19)20)16(18-17-13)11-5-3-4-6-14(11)22-2/h3-6H,7-10H2,1-2H3,(H,17,18). The van der Waals surface area contributed by atoms with Gasteiger partial charge in [-0.3, -0.25) is 9.89 Å². The maximum atomic E-state index is 12.3. The number of fused-ring (bicyclic) bond motifs is 1. The van der Waals surface area contributed by atoms with E-state index in [0.29, 0.717) is 26.1 Å². The minimum absolute atomic E-state index is 0.0992. The average Bonchev–Trinajstić information content (AvgIpc) is 2.95. The molecule has 0 aliphatic carbocycles. The number of benzene rings is 1. The molecule has 0 radical (unpaired) electrons. The Morgan fingerprint density at radius 2 is 2.14 bits per heavy atom. The van der Waals surface area contributed by atoms with E-state index in [-0.39, 0.29) is 5.91 Å². The van der Waals surface area contributed by atoms with E-state index in [2.05, 4.69) is 10.2 Å². The van der Waals surface area contributed by atoms with Gasteiger partial charge in [-0.2, -0.15) is 5.10 Å². The minimum atomic E-state index is 0.0992. The maximum absolute atomic E-state index is 12.3. The van der Waals surface area contributed by atoms with Gasteiger partial charge in [0.25, 0.3) is 0 Å². The first-order valence-corrected chi connectivity index (χ1v) is 7.20. The van der Waals surface area contributed by atoms with Crippen LogP contribution in [0.25, 0.3) is 11.3 Å². The molecule has 2 heterocycles. The van der Waals surface area contributed by atoms with Crippen molar-refractivity contribution in [1.29, 1.82) is 0 Å². The number of hydrogen-bond donors (Lipinski definition) is 1. The van der Waals surface area contributed by atoms with Crippen LogP contribution in [-0.4, -0.2) is 48.4 Å². The van der Waals surface area contributed by atoms with Gasteiger partial charge in [-0.1, -0.05) is 12.1 Å². The summed E-state index contributed by atoms with van der Waals surface area (Å²) in [5, 5.41) is 7.47. The maximum Gasteiger partial charge on any atom is 0.227 e. The summed E-state index contributed by atoms with van der Waals surface area (Å²) in [7, 11) is 3.27. The van der Waals surface area contributed by atoms with Gasteiger partial charge in [0.15, 0.2) is 0 Å². The molecule has 1 N–H and O–H groups in total. The molecule has 1 aliphatic heterocycles. The number of nitrogens with one attached hydrogen (secondary N) is 1. The molecule has 0 fully saturated rings. The topological polar surface area (TPSA) is 67.4 Å². The van der Waals surface area contributed by atoms with Gasteiger partial charge in [0.1, 0.15) is 5.75 Å². The fourth-order valence-electron chi connectivity index (χ4n) is 2.73. The summed E-state index contributed by atoms with van der Waals surface area (Å²) >= 11 is 0. The third kappa shape index (κ3) is 2.57. The number of aromatic nitrogens is 2. The second-order valence-electron chi connectivity index (χ2n) is 5.21. The van der Waals surface area contributed by atoms with Crippen molar-refractivity contribution in [1.82, 2.24) is 15.1 Å². The molecule has 0 spiro atoms. The number of amides is 1. The van der Waals surface area contributed by atoms with Gasteiger partial charge < -0.3 is 14.4 Å². The first-order chi connectivity index (χ1) is 10.7. The Labute approximate surface area is 129 Å². The van der Waals surface area contributed by atoms with E-state index in [9.17, 15) is 4.79 Å². The molecular weight excluding hydrogens is 282 g/mol. The number of ether oxygens (including phenoxy) is 2. The average molecular weight is 301 g/mol. The molecule has 2 aromatic rings. The molecule has 0 atom stereocenters. The summed E-state index contributed by atoms with van der Waals surface area (Å²) in [5.74, 6) is 0.855. The summed E-state index contributed by atoms with van der Waals surface area (Å²) in [6.45, 7) is 1.67. The molecule has 22 heavy (non-hydrogen) atoms. The Hall–Kier alpha value is -2.34. The zero-order valence-corrected chi connectivity index (χ0v) is 12.8. The highest BCUT2D eigenvalue weighted by atomic mass is 16.5. The first-order valence-electron chi connectivity index (χ1n) is 7.20. The fraction of sp³-hybridized carbons (Fsp3) is 0.375. The normalized spacial score (nSPS) is 14.1. The monoisotopic (exact) mass is 301 g/mol. The lowest BCUT2D eigenvalue weighted by Crippen LogP contribution is -2.38. The number of carbonyl (C=O) groups excluding carboxylic acids is 1. The van der Waals surface area contributed by atoms with Gasteiger partial charge in [0.2, 0.25) is 5.91 Å². The van der Waals surface area contributed by atoms with Gasteiger partial charge in [-0.05, 0) is 12.1 Å². The molecule has 0 saturated heterocycles. The van der Waals surface area contributed by atoms with Crippen LogP contribution in [0, 0.1) is 0 Å². The van der Waals surface area contributed by atoms with Crippen LogP contribution >= 0.6 is 0 Å². The summed E-state index contributed by atoms with van der Waals surface area (Å²) in [6, 6.07) is 7.70. The lowest BCUT2D eigenvalue weighted by Gasteiger charge is -2.26. The Bertz CT molecular complexity index is 681. The van der Waals surface area contributed by atoms with Crippen molar-refractivity contribution in [3.63, 3.8) is 0 Å². The summed E-state index contributed by atoms with van der Waals surface area (Å²) in [5.41, 5.74) is 3.65. The van der Waals surface area contributed by atoms with Crippen LogP contribution in [0.2, 0.25) is 0 Å². The van der Waals surface area contributed by atoms with Crippen LogP contribution in [-0.2, 0) is 22.5 Å². The molecule has 1 aromatic carbocycles. The highest BCUT2D eigenvalue weighted by Gasteiger charge is 2.28. The summed E-state index contributed by atoms with van der Waals surface area (Å²) in [4.78, 5) is 14.1. The largest absolute Gasteiger partial charge is 0.496 e. The molecule has 1 aromatic heterocycles. The zero-order chi connectivity index (χ0) is 15.5. The van der Waals surface area contributed by atoms with Crippen molar-refractivity contribution < 1.29 is 14.3 Å². The quantitative estimate of drug-likeness (QED) is 0.911. The van der Waals surface area contributed by atoms with E-state index in [1.165, 1.54) is 0 Å². The van der Waals surface area contributed by atoms with Gasteiger partial charge >= 0.3 is 0 Å². The number of nitrogens with zero attached hydrogens (tertiary/aromatic N) is 2. The lowest BCUT2D eigenvalue weighted by atomic mass is 9.99. The van der Waals surface area contributed by atoms with Crippen molar-refractivity contribution >= 4 is 5.91 Å². The second-order valence-corrected chi connectivity index (χ2v) is 5.21. The predicted molar refractivity (Wildman–Crippen MR) is 81.6 cm³/mol. The van der Waals surface area contributed by atoms with Crippen LogP contribution in [0.5, 0.6) is 5.75 Å². The van der Waals surface area contributed by atoms with Gasteiger partial charge in [-0.15, -0.1) is 0 Å². The summed E-state index contributed by atoms with van der Waals surface area (Å²) < 4.78 is 10.4. The zero-order valence-electron chi connectivity index (χ0n) is 12.8. The number of H-pyrrole nitrogens is 1. The van der Waals surface area contributed by atoms with Crippen LogP contribution in [0.3, 0.4) is 0 Å². The Kier molecular flexibility index (Phi) is 4.11. The highest BCUT2D eigenvalue weighted by molar-refractivity contribution is 5.84. The molecule has 1 aliphatic rings. The number of carbonyl (C=O) groups is 1. The third-order valence-electron chi connectivity index (χ3n) is 3.91. The molecule has 6 heteroatoms. The third-order valence-corrected chi connectivity index (χ3v) is 3.91. The van der Waals surface area contributed by atoms with E-state index < -0.39 is 0 Å². The van der Waals surface area contributed by atoms with Crippen LogP contribution in [0.4, 0.5) is 0 Å². The van der Waals surface area contributed by atoms with E-state index in [0.717, 1.165) is 28.3 Å². The minimum Gasteiger partial charge on any atom is -0.496 e. The highest BCUT2D eigenvalue weighted by Crippen LogP contribution is 2.34. The fourth-order valence-corrected chi connectivity index (χ4v) is 2.73. The Morgan fingerprint density at radius 1 is 1.32 bits per heavy atom. The molecule has 6 nitrogen and oxygen atoms in total. The van der Waals surface area contributed by atoms with Gasteiger partial charge in [0.05, 0.1) is 38.1 Å². The number of methoxy groups -OCH3 is 2. The molecular formula is C16H19N3O3. The van der Waals surface area contributed by atoms with Crippen molar-refractivity contribution in [2.45, 2.75) is 13.0 Å². The van der Waals surface area contributed by atoms with Crippen LogP contribution in [0.15, 0.2) is 24.3 Å². The van der Waals surface area contributed by atoms with Crippen molar-refractivity contribution in [3.05, 3.63) is 35.5 Å². The number of rotatable bonds is 5. The molecule has 0 unspecified atom stereocenters. The number of hydrogen-bond acceptors (Lipinski definition) is 4. The first kappa shape index (κ1) is 14.6. The van der Waals surface area contributed by atoms with E-state index in [1.54, 1.807) is 19.1 Å². The van der Waals surface area contributed by atoms with Crippen LogP contribution in [0.1, 0.15) is 11.3 Å². The van der Waals surface area contributed by atoms with E-state index in [1.807, 2.05) is 24.3 Å². The number of aromatic amines is 1. The van der Waals surface area contributed by atoms with E-state index >= 15 is 0 Å². The molecule has 0 bridgehead atoms. The predicted octanol–water partition coefficient (Wildman–Crippen LogP) is 1.62. The van der Waals surface area contributed by atoms with Gasteiger partial charge in [-0.25, -0.2) is 0 Å². The second kappa shape index (κ2) is 6.19. The van der Waals surface area contributed by atoms with Crippen molar-refractivity contribution in [2.75, 3.05) is 27.4 Å². The summed E-state index contributed by atoms with van der Waals surface area (Å²) in [6.07, 6.45) is 0.350. The molecule has 116 valence electrons. The van der Waals surface area contributed by atoms with Crippen LogP contribution < -0.4 is 4.74 Å². The van der Waals surface area contributed by atoms with Gasteiger partial charge in [0, 0.05) is 24.8 Å². The Morgan fingerprint density at radius 3 is 2.91 bits per heavy atom. The smallest absolute Gasteiger partial charge is 0.227 e.